The van der Waals surface area contributed by atoms with Gasteiger partial charge in [0.25, 0.3) is 0 Å². The van der Waals surface area contributed by atoms with Crippen molar-refractivity contribution in [2.45, 2.75) is 31.1 Å². The Morgan fingerprint density at radius 1 is 1.14 bits per heavy atom. The molecule has 1 amide bonds. The van der Waals surface area contributed by atoms with Crippen LogP contribution in [0.4, 0.5) is 5.82 Å². The van der Waals surface area contributed by atoms with Gasteiger partial charge in [-0.05, 0) is 54.2 Å². The van der Waals surface area contributed by atoms with Crippen molar-refractivity contribution in [1.29, 1.82) is 0 Å². The molecule has 1 fully saturated rings. The number of nitrogens with one attached hydrogen (secondary N) is 2. The minimum absolute atomic E-state index is 0.0983. The van der Waals surface area contributed by atoms with E-state index in [0.717, 1.165) is 29.8 Å². The molecule has 28 heavy (non-hydrogen) atoms. The molecular formula is C22H23N3O3. The van der Waals surface area contributed by atoms with Gasteiger partial charge in [0.15, 0.2) is 5.82 Å². The highest BCUT2D eigenvalue weighted by molar-refractivity contribution is 5.91. The summed E-state index contributed by atoms with van der Waals surface area (Å²) in [5, 5.41) is 19.5. The van der Waals surface area contributed by atoms with Crippen LogP contribution in [0.25, 0.3) is 0 Å². The van der Waals surface area contributed by atoms with E-state index >= 15 is 0 Å². The fraction of sp³-hybridized carbons (Fsp3) is 0.273. The number of nitrogens with zero attached hydrogens (tertiary/aromatic N) is 1. The molecule has 0 atom stereocenters. The van der Waals surface area contributed by atoms with Gasteiger partial charge in [-0.15, -0.1) is 0 Å². The van der Waals surface area contributed by atoms with Crippen LogP contribution in [0, 0.1) is 0 Å². The fourth-order valence-corrected chi connectivity index (χ4v) is 3.62. The number of hydrogen-bond acceptors (Lipinski definition) is 4. The average molecular weight is 377 g/mol. The molecule has 2 aromatic carbocycles. The number of aromatic hydroxyl groups is 1. The van der Waals surface area contributed by atoms with Gasteiger partial charge in [0, 0.05) is 17.7 Å². The molecule has 3 N–H and O–H groups in total. The minimum atomic E-state index is -0.0983. The first-order valence-corrected chi connectivity index (χ1v) is 9.37. The second kappa shape index (κ2) is 7.76. The number of hydrogen-bond donors (Lipinski definition) is 3. The molecule has 1 aliphatic rings. The predicted molar refractivity (Wildman–Crippen MR) is 107 cm³/mol. The van der Waals surface area contributed by atoms with Gasteiger partial charge in [0.1, 0.15) is 11.5 Å². The standard InChI is InChI=1S/C22H23N3O3/c1-28-19-8-2-14(3-9-19)10-22(27)23-21-13-20(24-25-21)17-11-16(12-17)15-4-6-18(26)7-5-15/h2-9,13,16-17,26H,10-12H2,1H3,(H2,23,24,25,27). The number of ether oxygens (including phenoxy) is 1. The zero-order chi connectivity index (χ0) is 19.5. The number of amides is 1. The van der Waals surface area contributed by atoms with Crippen LogP contribution in [0.1, 0.15) is 41.5 Å². The van der Waals surface area contributed by atoms with Gasteiger partial charge in [0.2, 0.25) is 5.91 Å². The first-order chi connectivity index (χ1) is 13.6. The third-order valence-corrected chi connectivity index (χ3v) is 5.33. The number of aromatic nitrogens is 2. The van der Waals surface area contributed by atoms with Crippen molar-refractivity contribution in [2.75, 3.05) is 12.4 Å². The molecule has 0 aliphatic heterocycles. The van der Waals surface area contributed by atoms with Crippen molar-refractivity contribution >= 4 is 11.7 Å². The molecule has 6 nitrogen and oxygen atoms in total. The summed E-state index contributed by atoms with van der Waals surface area (Å²) in [5.74, 6) is 2.44. The summed E-state index contributed by atoms with van der Waals surface area (Å²) in [5.41, 5.74) is 3.22. The predicted octanol–water partition coefficient (Wildman–Crippen LogP) is 3.97. The Kier molecular flexibility index (Phi) is 5.02. The summed E-state index contributed by atoms with van der Waals surface area (Å²) in [4.78, 5) is 12.2. The Hall–Kier alpha value is -3.28. The molecule has 1 aliphatic carbocycles. The highest BCUT2D eigenvalue weighted by atomic mass is 16.5. The summed E-state index contributed by atoms with van der Waals surface area (Å²) < 4.78 is 5.13. The Morgan fingerprint density at radius 3 is 2.54 bits per heavy atom. The number of aromatic amines is 1. The Labute approximate surface area is 163 Å². The SMILES string of the molecule is COc1ccc(CC(=O)Nc2cc(C3CC(c4ccc(O)cc4)C3)[nH]n2)cc1. The topological polar surface area (TPSA) is 87.2 Å². The van der Waals surface area contributed by atoms with Gasteiger partial charge >= 0.3 is 0 Å². The van der Waals surface area contributed by atoms with E-state index in [9.17, 15) is 9.90 Å². The van der Waals surface area contributed by atoms with Crippen LogP contribution in [-0.2, 0) is 11.2 Å². The smallest absolute Gasteiger partial charge is 0.229 e. The van der Waals surface area contributed by atoms with E-state index in [2.05, 4.69) is 15.5 Å². The lowest BCUT2D eigenvalue weighted by atomic mass is 9.70. The molecule has 144 valence electrons. The van der Waals surface area contributed by atoms with Crippen LogP contribution < -0.4 is 10.1 Å². The molecule has 1 aromatic heterocycles. The van der Waals surface area contributed by atoms with Crippen molar-refractivity contribution in [1.82, 2.24) is 10.2 Å². The molecule has 3 aromatic rings. The van der Waals surface area contributed by atoms with E-state index in [0.29, 0.717) is 29.8 Å². The van der Waals surface area contributed by atoms with E-state index in [1.165, 1.54) is 5.56 Å². The molecule has 0 saturated heterocycles. The lowest BCUT2D eigenvalue weighted by molar-refractivity contribution is -0.115. The number of phenolic OH excluding ortho intramolecular Hbond substituents is 1. The molecule has 0 unspecified atom stereocenters. The maximum Gasteiger partial charge on any atom is 0.229 e. The number of H-pyrrole nitrogens is 1. The van der Waals surface area contributed by atoms with Crippen LogP contribution in [0.2, 0.25) is 0 Å². The van der Waals surface area contributed by atoms with E-state index < -0.39 is 0 Å². The van der Waals surface area contributed by atoms with Crippen molar-refractivity contribution in [3.8, 4) is 11.5 Å². The molecule has 0 bridgehead atoms. The summed E-state index contributed by atoms with van der Waals surface area (Å²) in [6.07, 6.45) is 2.36. The Bertz CT molecular complexity index is 942. The molecule has 0 radical (unpaired) electrons. The number of anilines is 1. The number of rotatable bonds is 6. The number of phenols is 1. The van der Waals surface area contributed by atoms with Crippen LogP contribution in [0.5, 0.6) is 11.5 Å². The lowest BCUT2D eigenvalue weighted by Gasteiger charge is -2.34. The quantitative estimate of drug-likeness (QED) is 0.607. The first-order valence-electron chi connectivity index (χ1n) is 9.37. The third-order valence-electron chi connectivity index (χ3n) is 5.33. The van der Waals surface area contributed by atoms with Gasteiger partial charge in [-0.1, -0.05) is 24.3 Å². The van der Waals surface area contributed by atoms with Crippen LogP contribution in [0.3, 0.4) is 0 Å². The molecule has 1 saturated carbocycles. The summed E-state index contributed by atoms with van der Waals surface area (Å²) in [6.45, 7) is 0. The monoisotopic (exact) mass is 377 g/mol. The van der Waals surface area contributed by atoms with Gasteiger partial charge in [-0.3, -0.25) is 9.89 Å². The first kappa shape index (κ1) is 18.1. The third kappa shape index (κ3) is 4.01. The van der Waals surface area contributed by atoms with Gasteiger partial charge in [-0.25, -0.2) is 0 Å². The lowest BCUT2D eigenvalue weighted by Crippen LogP contribution is -2.20. The maximum absolute atomic E-state index is 12.2. The van der Waals surface area contributed by atoms with E-state index in [1.807, 2.05) is 42.5 Å². The summed E-state index contributed by atoms with van der Waals surface area (Å²) >= 11 is 0. The largest absolute Gasteiger partial charge is 0.508 e. The number of carbonyl (C=O) groups excluding carboxylic acids is 1. The number of benzene rings is 2. The van der Waals surface area contributed by atoms with Crippen LogP contribution >= 0.6 is 0 Å². The van der Waals surface area contributed by atoms with Crippen molar-refractivity contribution in [3.63, 3.8) is 0 Å². The molecule has 6 heteroatoms. The molecule has 4 rings (SSSR count). The van der Waals surface area contributed by atoms with Crippen molar-refractivity contribution in [3.05, 3.63) is 71.4 Å². The van der Waals surface area contributed by atoms with Gasteiger partial charge < -0.3 is 15.2 Å². The second-order valence-electron chi connectivity index (χ2n) is 7.24. The van der Waals surface area contributed by atoms with Gasteiger partial charge in [-0.2, -0.15) is 5.10 Å². The van der Waals surface area contributed by atoms with E-state index in [1.54, 1.807) is 19.2 Å². The minimum Gasteiger partial charge on any atom is -0.508 e. The fourth-order valence-electron chi connectivity index (χ4n) is 3.62. The van der Waals surface area contributed by atoms with Gasteiger partial charge in [0.05, 0.1) is 13.5 Å². The second-order valence-corrected chi connectivity index (χ2v) is 7.24. The summed E-state index contributed by atoms with van der Waals surface area (Å²) in [6, 6.07) is 16.8. The normalized spacial score (nSPS) is 18.3. The number of carbonyl (C=O) groups is 1. The van der Waals surface area contributed by atoms with E-state index in [4.69, 9.17) is 4.74 Å². The average Bonchev–Trinajstić information content (AvgIpc) is 3.10. The summed E-state index contributed by atoms with van der Waals surface area (Å²) in [7, 11) is 1.62. The Morgan fingerprint density at radius 2 is 1.86 bits per heavy atom. The molecular weight excluding hydrogens is 354 g/mol. The van der Waals surface area contributed by atoms with Crippen molar-refractivity contribution < 1.29 is 14.6 Å². The Balaban J connectivity index is 1.29. The highest BCUT2D eigenvalue weighted by Crippen LogP contribution is 2.47. The maximum atomic E-state index is 12.2. The highest BCUT2D eigenvalue weighted by Gasteiger charge is 2.32. The van der Waals surface area contributed by atoms with Crippen molar-refractivity contribution in [2.24, 2.45) is 0 Å². The van der Waals surface area contributed by atoms with E-state index in [-0.39, 0.29) is 5.91 Å². The number of methoxy groups -OCH3 is 1. The zero-order valence-corrected chi connectivity index (χ0v) is 15.7. The zero-order valence-electron chi connectivity index (χ0n) is 15.7. The van der Waals surface area contributed by atoms with Crippen LogP contribution in [-0.4, -0.2) is 28.3 Å². The van der Waals surface area contributed by atoms with Crippen LogP contribution in [0.15, 0.2) is 54.6 Å². The molecule has 1 heterocycles. The molecule has 0 spiro atoms.